The maximum Gasteiger partial charge on any atom is 0.0290 e. The van der Waals surface area contributed by atoms with Gasteiger partial charge in [0.2, 0.25) is 0 Å². The summed E-state index contributed by atoms with van der Waals surface area (Å²) in [5, 5.41) is 0. The average molecular weight is 278 g/mol. The summed E-state index contributed by atoms with van der Waals surface area (Å²) in [7, 11) is 0. The summed E-state index contributed by atoms with van der Waals surface area (Å²) < 4.78 is 0. The molecule has 2 aromatic rings. The van der Waals surface area contributed by atoms with Gasteiger partial charge in [0.25, 0.3) is 0 Å². The summed E-state index contributed by atoms with van der Waals surface area (Å²) in [4.78, 5) is 0. The van der Waals surface area contributed by atoms with E-state index < -0.39 is 0 Å². The Labute approximate surface area is 129 Å². The molecule has 0 amide bonds. The van der Waals surface area contributed by atoms with Gasteiger partial charge < -0.3 is 0 Å². The van der Waals surface area contributed by atoms with Gasteiger partial charge in [0.15, 0.2) is 0 Å². The van der Waals surface area contributed by atoms with E-state index in [2.05, 4.69) is 83.1 Å². The van der Waals surface area contributed by atoms with Gasteiger partial charge in [0, 0.05) is 5.41 Å². The van der Waals surface area contributed by atoms with Crippen molar-refractivity contribution in [1.29, 1.82) is 0 Å². The Balaban J connectivity index is 2.18. The molecule has 1 aliphatic carbocycles. The first-order chi connectivity index (χ1) is 9.96. The summed E-state index contributed by atoms with van der Waals surface area (Å²) in [6, 6.07) is 18.4. The van der Waals surface area contributed by atoms with Gasteiger partial charge >= 0.3 is 0 Å². The highest BCUT2D eigenvalue weighted by Crippen LogP contribution is 2.74. The van der Waals surface area contributed by atoms with Crippen LogP contribution in [0.25, 0.3) is 0 Å². The minimum atomic E-state index is 0.184. The molecule has 0 aliphatic heterocycles. The average Bonchev–Trinajstić information content (AvgIpc) is 2.99. The van der Waals surface area contributed by atoms with E-state index in [0.717, 1.165) is 0 Å². The minimum absolute atomic E-state index is 0.184. The maximum absolute atomic E-state index is 2.46. The van der Waals surface area contributed by atoms with Gasteiger partial charge in [-0.25, -0.2) is 0 Å². The van der Waals surface area contributed by atoms with E-state index in [9.17, 15) is 0 Å². The Kier molecular flexibility index (Phi) is 3.24. The Morgan fingerprint density at radius 2 is 1.19 bits per heavy atom. The highest BCUT2D eigenvalue weighted by atomic mass is 14.7. The lowest BCUT2D eigenvalue weighted by molar-refractivity contribution is 0.463. The second kappa shape index (κ2) is 4.73. The molecule has 2 aromatic carbocycles. The molecule has 0 nitrogen and oxygen atoms in total. The molecule has 3 rings (SSSR count). The first-order valence-corrected chi connectivity index (χ1v) is 8.11. The summed E-state index contributed by atoms with van der Waals surface area (Å²) in [6.07, 6.45) is 1.22. The van der Waals surface area contributed by atoms with Crippen molar-refractivity contribution < 1.29 is 0 Å². The van der Waals surface area contributed by atoms with Gasteiger partial charge in [-0.3, -0.25) is 0 Å². The van der Waals surface area contributed by atoms with Crippen LogP contribution in [0.15, 0.2) is 48.5 Å². The molecule has 0 aromatic heterocycles. The number of rotatable bonds is 3. The van der Waals surface area contributed by atoms with Crippen molar-refractivity contribution in [3.05, 3.63) is 70.8 Å². The molecule has 21 heavy (non-hydrogen) atoms. The Morgan fingerprint density at radius 1 is 0.810 bits per heavy atom. The molecule has 0 bridgehead atoms. The molecule has 1 fully saturated rings. The largest absolute Gasteiger partial charge is 0.0648 e. The molecule has 2 atom stereocenters. The number of hydrogen-bond acceptors (Lipinski definition) is 0. The Bertz CT molecular complexity index is 587. The van der Waals surface area contributed by atoms with E-state index in [0.29, 0.717) is 11.3 Å². The monoisotopic (exact) mass is 278 g/mol. The molecule has 0 heterocycles. The van der Waals surface area contributed by atoms with Gasteiger partial charge in [0.05, 0.1) is 0 Å². The smallest absolute Gasteiger partial charge is 0.0290 e. The van der Waals surface area contributed by atoms with Crippen LogP contribution in [-0.2, 0) is 5.41 Å². The molecule has 0 N–H and O–H groups in total. The molecule has 0 saturated heterocycles. The van der Waals surface area contributed by atoms with Gasteiger partial charge in [0.1, 0.15) is 0 Å². The van der Waals surface area contributed by atoms with E-state index in [1.807, 2.05) is 0 Å². The van der Waals surface area contributed by atoms with Crippen LogP contribution in [0.1, 0.15) is 49.4 Å². The second-order valence-corrected chi connectivity index (χ2v) is 7.03. The van der Waals surface area contributed by atoms with Crippen LogP contribution in [0, 0.1) is 25.2 Å². The van der Waals surface area contributed by atoms with Crippen LogP contribution in [0.4, 0.5) is 0 Å². The Hall–Kier alpha value is -1.56. The summed E-state index contributed by atoms with van der Waals surface area (Å²) in [5.41, 5.74) is 6.18. The van der Waals surface area contributed by atoms with Crippen LogP contribution < -0.4 is 0 Å². The third-order valence-electron chi connectivity index (χ3n) is 6.17. The molecule has 0 radical (unpaired) electrons. The van der Waals surface area contributed by atoms with Crippen molar-refractivity contribution in [3.8, 4) is 0 Å². The third kappa shape index (κ3) is 1.81. The van der Waals surface area contributed by atoms with Gasteiger partial charge in [-0.05, 0) is 42.7 Å². The predicted octanol–water partition coefficient (Wildman–Crippen LogP) is 5.66. The third-order valence-corrected chi connectivity index (χ3v) is 6.17. The van der Waals surface area contributed by atoms with Crippen LogP contribution in [0.2, 0.25) is 0 Å². The molecular weight excluding hydrogens is 252 g/mol. The molecule has 110 valence electrons. The van der Waals surface area contributed by atoms with Crippen LogP contribution >= 0.6 is 0 Å². The highest BCUT2D eigenvalue weighted by molar-refractivity contribution is 5.53. The number of hydrogen-bond donors (Lipinski definition) is 0. The Morgan fingerprint density at radius 3 is 1.48 bits per heavy atom. The standard InChI is InChI=1S/C21H26/c1-6-20(5)17(4)21(20,18-11-7-15(2)8-12-18)19-13-9-16(3)10-14-19/h7-14,17H,6H2,1-5H3/t17-,20-/m1/s1. The SMILES string of the molecule is CC[C@]1(C)[C@@H](C)C1(c1ccc(C)cc1)c1ccc(C)cc1. The fraction of sp³-hybridized carbons (Fsp3) is 0.429. The van der Waals surface area contributed by atoms with Crippen LogP contribution in [0.5, 0.6) is 0 Å². The zero-order chi connectivity index (χ0) is 15.3. The zero-order valence-electron chi connectivity index (χ0n) is 13.9. The number of aryl methyl sites for hydroxylation is 2. The first-order valence-electron chi connectivity index (χ1n) is 8.11. The molecule has 0 heteroatoms. The van der Waals surface area contributed by atoms with Crippen molar-refractivity contribution in [2.75, 3.05) is 0 Å². The second-order valence-electron chi connectivity index (χ2n) is 7.03. The highest BCUT2D eigenvalue weighted by Gasteiger charge is 2.71. The quantitative estimate of drug-likeness (QED) is 0.680. The minimum Gasteiger partial charge on any atom is -0.0648 e. The number of benzene rings is 2. The lowest BCUT2D eigenvalue weighted by atomic mass is 9.79. The lowest BCUT2D eigenvalue weighted by Gasteiger charge is -2.24. The molecule has 0 spiro atoms. The molecule has 0 unspecified atom stereocenters. The summed E-state index contributed by atoms with van der Waals surface area (Å²) >= 11 is 0. The van der Waals surface area contributed by atoms with Crippen molar-refractivity contribution in [2.24, 2.45) is 11.3 Å². The zero-order valence-corrected chi connectivity index (χ0v) is 13.9. The van der Waals surface area contributed by atoms with Crippen LogP contribution in [-0.4, -0.2) is 0 Å². The summed E-state index contributed by atoms with van der Waals surface area (Å²) in [6.45, 7) is 11.5. The van der Waals surface area contributed by atoms with E-state index >= 15 is 0 Å². The lowest BCUT2D eigenvalue weighted by Crippen LogP contribution is -2.18. The normalized spacial score (nSPS) is 26.6. The van der Waals surface area contributed by atoms with E-state index in [-0.39, 0.29) is 5.41 Å². The molecular formula is C21H26. The maximum atomic E-state index is 2.46. The van der Waals surface area contributed by atoms with E-state index in [1.165, 1.54) is 28.7 Å². The van der Waals surface area contributed by atoms with Crippen LogP contribution in [0.3, 0.4) is 0 Å². The predicted molar refractivity (Wildman–Crippen MR) is 90.7 cm³/mol. The van der Waals surface area contributed by atoms with Gasteiger partial charge in [-0.2, -0.15) is 0 Å². The first kappa shape index (κ1) is 14.4. The molecule has 1 aliphatic rings. The fourth-order valence-corrected chi connectivity index (χ4v) is 4.46. The van der Waals surface area contributed by atoms with Gasteiger partial charge in [-0.15, -0.1) is 0 Å². The van der Waals surface area contributed by atoms with E-state index in [4.69, 9.17) is 0 Å². The van der Waals surface area contributed by atoms with Crippen molar-refractivity contribution in [2.45, 2.75) is 46.5 Å². The fourth-order valence-electron chi connectivity index (χ4n) is 4.46. The van der Waals surface area contributed by atoms with Crippen molar-refractivity contribution in [1.82, 2.24) is 0 Å². The van der Waals surface area contributed by atoms with Crippen molar-refractivity contribution >= 4 is 0 Å². The van der Waals surface area contributed by atoms with E-state index in [1.54, 1.807) is 0 Å². The topological polar surface area (TPSA) is 0 Å². The molecule has 1 saturated carbocycles. The van der Waals surface area contributed by atoms with Crippen molar-refractivity contribution in [3.63, 3.8) is 0 Å². The van der Waals surface area contributed by atoms with Gasteiger partial charge in [-0.1, -0.05) is 80.4 Å². The summed E-state index contributed by atoms with van der Waals surface area (Å²) in [5.74, 6) is 0.681.